The molecule has 136 valence electrons. The van der Waals surface area contributed by atoms with Crippen molar-refractivity contribution in [3.8, 4) is 0 Å². The van der Waals surface area contributed by atoms with E-state index in [1.54, 1.807) is 11.9 Å². The number of unbranched alkanes of at least 4 members (excludes halogenated alkanes) is 1. The highest BCUT2D eigenvalue weighted by atomic mass is 19.4. The Morgan fingerprint density at radius 2 is 1.78 bits per heavy atom. The van der Waals surface area contributed by atoms with E-state index in [1.165, 1.54) is 0 Å². The van der Waals surface area contributed by atoms with Gasteiger partial charge in [0, 0.05) is 32.1 Å². The Bertz CT molecular complexity index is 389. The molecule has 0 fully saturated rings. The number of carbonyl (C=O) groups is 1. The van der Waals surface area contributed by atoms with Gasteiger partial charge in [-0.05, 0) is 40.5 Å². The average molecular weight is 338 g/mol. The first-order valence-corrected chi connectivity index (χ1v) is 7.82. The summed E-state index contributed by atoms with van der Waals surface area (Å²) in [4.78, 5) is 17.8. The largest absolute Gasteiger partial charge is 0.389 e. The van der Waals surface area contributed by atoms with E-state index in [2.05, 4.69) is 15.6 Å². The fraction of sp³-hybridized carbons (Fsp3) is 0.867. The topological polar surface area (TPSA) is 56.7 Å². The molecule has 0 radical (unpaired) electrons. The van der Waals surface area contributed by atoms with Crippen LogP contribution in [0.4, 0.5) is 13.2 Å². The second kappa shape index (κ2) is 9.62. The lowest BCUT2D eigenvalue weighted by Crippen LogP contribution is -2.48. The molecule has 0 heterocycles. The van der Waals surface area contributed by atoms with Gasteiger partial charge in [-0.25, -0.2) is 0 Å². The second-order valence-electron chi connectivity index (χ2n) is 6.46. The molecule has 2 N–H and O–H groups in total. The quantitative estimate of drug-likeness (QED) is 0.426. The first-order chi connectivity index (χ1) is 10.4. The van der Waals surface area contributed by atoms with Crippen LogP contribution in [0.5, 0.6) is 0 Å². The number of aliphatic imine (C=N–C) groups is 1. The smallest absolute Gasteiger partial charge is 0.357 e. The number of likely N-dealkylation sites (N-methyl/N-ethyl adjacent to an activating group) is 1. The summed E-state index contributed by atoms with van der Waals surface area (Å²) in [5, 5.41) is 5.88. The van der Waals surface area contributed by atoms with Gasteiger partial charge in [0.25, 0.3) is 0 Å². The number of amides is 1. The zero-order chi connectivity index (χ0) is 18.1. The summed E-state index contributed by atoms with van der Waals surface area (Å²) in [6, 6.07) is 0. The summed E-state index contributed by atoms with van der Waals surface area (Å²) >= 11 is 0. The van der Waals surface area contributed by atoms with Crippen molar-refractivity contribution in [2.24, 2.45) is 4.99 Å². The SMILES string of the molecule is CCNC(=NCCCCC(F)(F)F)N(C)CC(=O)NC(C)(C)C. The van der Waals surface area contributed by atoms with Crippen LogP contribution < -0.4 is 10.6 Å². The molecule has 0 aliphatic heterocycles. The first-order valence-electron chi connectivity index (χ1n) is 7.82. The maximum Gasteiger partial charge on any atom is 0.389 e. The Labute approximate surface area is 136 Å². The summed E-state index contributed by atoms with van der Waals surface area (Å²) in [5.74, 6) is 0.381. The van der Waals surface area contributed by atoms with Gasteiger partial charge < -0.3 is 15.5 Å². The van der Waals surface area contributed by atoms with Gasteiger partial charge in [-0.15, -0.1) is 0 Å². The highest BCUT2D eigenvalue weighted by Gasteiger charge is 2.25. The summed E-state index contributed by atoms with van der Waals surface area (Å²) in [6.45, 7) is 8.62. The lowest BCUT2D eigenvalue weighted by Gasteiger charge is -2.25. The molecule has 1 amide bonds. The highest BCUT2D eigenvalue weighted by Crippen LogP contribution is 2.21. The molecule has 0 aliphatic rings. The molecular formula is C15H29F3N4O. The van der Waals surface area contributed by atoms with Gasteiger partial charge in [0.15, 0.2) is 5.96 Å². The number of hydrogen-bond donors (Lipinski definition) is 2. The van der Waals surface area contributed by atoms with E-state index < -0.39 is 12.6 Å². The molecule has 0 bridgehead atoms. The second-order valence-corrected chi connectivity index (χ2v) is 6.46. The van der Waals surface area contributed by atoms with Crippen LogP contribution in [-0.2, 0) is 4.79 Å². The van der Waals surface area contributed by atoms with Crippen molar-refractivity contribution in [1.82, 2.24) is 15.5 Å². The third kappa shape index (κ3) is 12.7. The molecule has 0 atom stereocenters. The molecule has 0 aromatic heterocycles. The number of nitrogens with zero attached hydrogens (tertiary/aromatic N) is 2. The van der Waals surface area contributed by atoms with E-state index >= 15 is 0 Å². The Hall–Kier alpha value is -1.47. The average Bonchev–Trinajstić information content (AvgIpc) is 2.33. The van der Waals surface area contributed by atoms with Gasteiger partial charge in [0.1, 0.15) is 0 Å². The van der Waals surface area contributed by atoms with E-state index in [0.29, 0.717) is 25.5 Å². The molecule has 8 heteroatoms. The van der Waals surface area contributed by atoms with Gasteiger partial charge >= 0.3 is 6.18 Å². The van der Waals surface area contributed by atoms with Gasteiger partial charge in [-0.2, -0.15) is 13.2 Å². The van der Waals surface area contributed by atoms with Crippen LogP contribution in [-0.4, -0.2) is 55.2 Å². The molecule has 0 spiro atoms. The summed E-state index contributed by atoms with van der Waals surface area (Å²) < 4.78 is 36.2. The van der Waals surface area contributed by atoms with E-state index in [9.17, 15) is 18.0 Å². The Morgan fingerprint density at radius 1 is 1.17 bits per heavy atom. The number of hydrogen-bond acceptors (Lipinski definition) is 2. The number of guanidine groups is 1. The third-order valence-electron chi connectivity index (χ3n) is 2.72. The zero-order valence-electron chi connectivity index (χ0n) is 14.7. The van der Waals surface area contributed by atoms with Gasteiger partial charge in [-0.1, -0.05) is 0 Å². The number of rotatable bonds is 7. The summed E-state index contributed by atoms with van der Waals surface area (Å²) in [5.41, 5.74) is -0.314. The fourth-order valence-electron chi connectivity index (χ4n) is 1.84. The normalized spacial score (nSPS) is 13.0. The Balaban J connectivity index is 4.41. The number of carbonyl (C=O) groups excluding carboxylic acids is 1. The van der Waals surface area contributed by atoms with E-state index in [0.717, 1.165) is 0 Å². The molecule has 0 saturated carbocycles. The number of nitrogens with one attached hydrogen (secondary N) is 2. The first kappa shape index (κ1) is 21.5. The Morgan fingerprint density at radius 3 is 2.26 bits per heavy atom. The van der Waals surface area contributed by atoms with E-state index in [1.807, 2.05) is 27.7 Å². The van der Waals surface area contributed by atoms with Gasteiger partial charge in [0.2, 0.25) is 5.91 Å². The number of halogens is 3. The minimum absolute atomic E-state index is 0.0562. The predicted molar refractivity (Wildman–Crippen MR) is 86.4 cm³/mol. The molecule has 23 heavy (non-hydrogen) atoms. The zero-order valence-corrected chi connectivity index (χ0v) is 14.7. The van der Waals surface area contributed by atoms with Crippen molar-refractivity contribution in [2.45, 2.75) is 58.7 Å². The van der Waals surface area contributed by atoms with Crippen molar-refractivity contribution in [2.75, 3.05) is 26.7 Å². The number of alkyl halides is 3. The molecule has 0 aliphatic carbocycles. The maximum absolute atomic E-state index is 12.1. The molecule has 5 nitrogen and oxygen atoms in total. The van der Waals surface area contributed by atoms with Crippen molar-refractivity contribution >= 4 is 11.9 Å². The molecule has 0 rings (SSSR count). The van der Waals surface area contributed by atoms with Crippen molar-refractivity contribution < 1.29 is 18.0 Å². The van der Waals surface area contributed by atoms with Crippen LogP contribution >= 0.6 is 0 Å². The Kier molecular flexibility index (Phi) is 9.01. The summed E-state index contributed by atoms with van der Waals surface area (Å²) in [6.07, 6.45) is -4.49. The van der Waals surface area contributed by atoms with E-state index in [-0.39, 0.29) is 24.4 Å². The van der Waals surface area contributed by atoms with Crippen LogP contribution in [0.15, 0.2) is 4.99 Å². The molecule has 0 unspecified atom stereocenters. The third-order valence-corrected chi connectivity index (χ3v) is 2.72. The molecule has 0 aromatic carbocycles. The van der Waals surface area contributed by atoms with E-state index in [4.69, 9.17) is 0 Å². The van der Waals surface area contributed by atoms with Gasteiger partial charge in [0.05, 0.1) is 6.54 Å². The highest BCUT2D eigenvalue weighted by molar-refractivity contribution is 5.86. The lowest BCUT2D eigenvalue weighted by molar-refractivity contribution is -0.135. The lowest BCUT2D eigenvalue weighted by atomic mass is 10.1. The van der Waals surface area contributed by atoms with Crippen molar-refractivity contribution in [1.29, 1.82) is 0 Å². The van der Waals surface area contributed by atoms with Crippen LogP contribution in [0.2, 0.25) is 0 Å². The maximum atomic E-state index is 12.1. The van der Waals surface area contributed by atoms with Crippen LogP contribution in [0.1, 0.15) is 47.0 Å². The van der Waals surface area contributed by atoms with Crippen molar-refractivity contribution in [3.05, 3.63) is 0 Å². The van der Waals surface area contributed by atoms with Crippen LogP contribution in [0.3, 0.4) is 0 Å². The van der Waals surface area contributed by atoms with Gasteiger partial charge in [-0.3, -0.25) is 9.79 Å². The minimum atomic E-state index is -4.12. The molecule has 0 aromatic rings. The minimum Gasteiger partial charge on any atom is -0.357 e. The summed E-state index contributed by atoms with van der Waals surface area (Å²) in [7, 11) is 1.72. The monoisotopic (exact) mass is 338 g/mol. The predicted octanol–water partition coefficient (Wildman–Crippen LogP) is 2.53. The van der Waals surface area contributed by atoms with Crippen LogP contribution in [0.25, 0.3) is 0 Å². The standard InChI is InChI=1S/C15H29F3N4O/c1-6-19-13(20-10-8-7-9-15(16,17)18)22(5)11-12(23)21-14(2,3)4/h6-11H2,1-5H3,(H,19,20)(H,21,23). The van der Waals surface area contributed by atoms with Crippen molar-refractivity contribution in [3.63, 3.8) is 0 Å². The fourth-order valence-corrected chi connectivity index (χ4v) is 1.84. The molecular weight excluding hydrogens is 309 g/mol. The molecule has 0 saturated heterocycles. The van der Waals surface area contributed by atoms with Crippen LogP contribution in [0, 0.1) is 0 Å².